The molecule has 0 radical (unpaired) electrons. The number of aliphatic hydroxyl groups is 2. The molecule has 3 N–H and O–H groups in total. The fourth-order valence-electron chi connectivity index (χ4n) is 9.27. The summed E-state index contributed by atoms with van der Waals surface area (Å²) < 4.78 is 5.97. The Morgan fingerprint density at radius 1 is 0.448 bits per heavy atom. The Labute approximate surface area is 417 Å². The van der Waals surface area contributed by atoms with E-state index in [2.05, 4.69) is 62.5 Å². The highest BCUT2D eigenvalue weighted by Crippen LogP contribution is 2.19. The molecule has 0 spiro atoms. The monoisotopic (exact) mass is 942 g/mol. The second-order valence-corrected chi connectivity index (χ2v) is 20.4. The van der Waals surface area contributed by atoms with Crippen LogP contribution in [-0.4, -0.2) is 46.9 Å². The summed E-state index contributed by atoms with van der Waals surface area (Å²) in [5.74, 6) is -0.470. The van der Waals surface area contributed by atoms with Gasteiger partial charge in [0.05, 0.1) is 25.2 Å². The van der Waals surface area contributed by atoms with Gasteiger partial charge in [-0.05, 0) is 57.8 Å². The molecule has 0 bridgehead atoms. The summed E-state index contributed by atoms with van der Waals surface area (Å²) in [6, 6.07) is -0.702. The second kappa shape index (κ2) is 55.0. The molecular formula is C61H115NO5. The lowest BCUT2D eigenvalue weighted by Gasteiger charge is -2.24. The first-order chi connectivity index (χ1) is 33.0. The summed E-state index contributed by atoms with van der Waals surface area (Å²) in [5.41, 5.74) is 0. The summed E-state index contributed by atoms with van der Waals surface area (Å²) in [5, 5.41) is 23.9. The van der Waals surface area contributed by atoms with Gasteiger partial charge in [-0.1, -0.05) is 282 Å². The van der Waals surface area contributed by atoms with Crippen molar-refractivity contribution in [2.24, 2.45) is 0 Å². The van der Waals surface area contributed by atoms with Crippen molar-refractivity contribution in [2.75, 3.05) is 6.61 Å². The Bertz CT molecular complexity index is 1100. The van der Waals surface area contributed by atoms with Gasteiger partial charge in [0.2, 0.25) is 5.91 Å². The van der Waals surface area contributed by atoms with E-state index in [0.717, 1.165) is 70.6 Å². The molecule has 0 aliphatic rings. The van der Waals surface area contributed by atoms with Crippen molar-refractivity contribution >= 4 is 11.9 Å². The van der Waals surface area contributed by atoms with Gasteiger partial charge in [0, 0.05) is 6.42 Å². The lowest BCUT2D eigenvalue weighted by atomic mass is 10.0. The summed E-state index contributed by atoms with van der Waals surface area (Å²) >= 11 is 0. The van der Waals surface area contributed by atoms with Crippen molar-refractivity contribution in [2.45, 2.75) is 334 Å². The van der Waals surface area contributed by atoms with Crippen LogP contribution in [0.2, 0.25) is 0 Å². The maximum absolute atomic E-state index is 13.3. The minimum absolute atomic E-state index is 0.0772. The minimum atomic E-state index is -0.788. The van der Waals surface area contributed by atoms with Crippen LogP contribution < -0.4 is 5.32 Å². The summed E-state index contributed by atoms with van der Waals surface area (Å²) in [6.07, 6.45) is 66.4. The SMILES string of the molecule is CC/C=C/C/C=C/C/C=C/CCCCCCCCC(=O)OC(CCCCCCCCCCCCCCCCCC)CC(=O)NC(CO)C(O)CCCCCCCCCCCCCCCCCC. The van der Waals surface area contributed by atoms with Gasteiger partial charge in [0.15, 0.2) is 0 Å². The quantitative estimate of drug-likeness (QED) is 0.0321. The summed E-state index contributed by atoms with van der Waals surface area (Å²) in [4.78, 5) is 26.3. The topological polar surface area (TPSA) is 95.9 Å². The first-order valence-corrected chi connectivity index (χ1v) is 29.7. The molecule has 6 heteroatoms. The van der Waals surface area contributed by atoms with E-state index in [-0.39, 0.29) is 24.9 Å². The number of carbonyl (C=O) groups is 2. The fourth-order valence-corrected chi connectivity index (χ4v) is 9.27. The summed E-state index contributed by atoms with van der Waals surface area (Å²) in [6.45, 7) is 6.42. The third kappa shape index (κ3) is 50.3. The molecule has 1 amide bonds. The van der Waals surface area contributed by atoms with E-state index >= 15 is 0 Å². The van der Waals surface area contributed by atoms with E-state index in [1.165, 1.54) is 199 Å². The number of hydrogen-bond acceptors (Lipinski definition) is 5. The highest BCUT2D eigenvalue weighted by molar-refractivity contribution is 5.77. The molecule has 3 unspecified atom stereocenters. The maximum atomic E-state index is 13.3. The normalized spacial score (nSPS) is 13.3. The Hall–Kier alpha value is -1.92. The number of nitrogens with one attached hydrogen (secondary N) is 1. The van der Waals surface area contributed by atoms with Gasteiger partial charge in [0.1, 0.15) is 6.10 Å². The molecule has 6 nitrogen and oxygen atoms in total. The Morgan fingerprint density at radius 3 is 1.22 bits per heavy atom. The average molecular weight is 943 g/mol. The molecule has 0 aromatic carbocycles. The third-order valence-corrected chi connectivity index (χ3v) is 13.7. The lowest BCUT2D eigenvalue weighted by molar-refractivity contribution is -0.151. The number of unbranched alkanes of at least 4 members (excludes halogenated alkanes) is 36. The first kappa shape index (κ1) is 65.1. The second-order valence-electron chi connectivity index (χ2n) is 20.4. The van der Waals surface area contributed by atoms with E-state index in [1.54, 1.807) is 0 Å². The Kier molecular flexibility index (Phi) is 53.4. The van der Waals surface area contributed by atoms with Crippen LogP contribution in [0.15, 0.2) is 36.5 Å². The molecule has 0 aliphatic carbocycles. The molecule has 3 atom stereocenters. The number of rotatable bonds is 54. The van der Waals surface area contributed by atoms with Crippen molar-refractivity contribution in [3.05, 3.63) is 36.5 Å². The van der Waals surface area contributed by atoms with Gasteiger partial charge < -0.3 is 20.3 Å². The number of hydrogen-bond donors (Lipinski definition) is 3. The molecule has 0 aliphatic heterocycles. The van der Waals surface area contributed by atoms with Crippen molar-refractivity contribution in [3.63, 3.8) is 0 Å². The van der Waals surface area contributed by atoms with Crippen LogP contribution in [0.3, 0.4) is 0 Å². The summed E-state index contributed by atoms with van der Waals surface area (Å²) in [7, 11) is 0. The van der Waals surface area contributed by atoms with Crippen molar-refractivity contribution in [3.8, 4) is 0 Å². The number of amides is 1. The third-order valence-electron chi connectivity index (χ3n) is 13.7. The maximum Gasteiger partial charge on any atom is 0.306 e. The molecule has 0 saturated heterocycles. The van der Waals surface area contributed by atoms with Crippen molar-refractivity contribution in [1.82, 2.24) is 5.32 Å². The highest BCUT2D eigenvalue weighted by atomic mass is 16.5. The van der Waals surface area contributed by atoms with Crippen LogP contribution in [0, 0.1) is 0 Å². The molecule has 0 aromatic rings. The zero-order valence-electron chi connectivity index (χ0n) is 45.0. The van der Waals surface area contributed by atoms with Crippen LogP contribution in [0.1, 0.15) is 316 Å². The molecule has 0 heterocycles. The lowest BCUT2D eigenvalue weighted by Crippen LogP contribution is -2.46. The van der Waals surface area contributed by atoms with Gasteiger partial charge in [-0.3, -0.25) is 9.59 Å². The van der Waals surface area contributed by atoms with Gasteiger partial charge >= 0.3 is 5.97 Å². The number of aliphatic hydroxyl groups excluding tert-OH is 2. The largest absolute Gasteiger partial charge is 0.462 e. The first-order valence-electron chi connectivity index (χ1n) is 29.7. The molecule has 0 aromatic heterocycles. The van der Waals surface area contributed by atoms with Crippen LogP contribution in [0.25, 0.3) is 0 Å². The number of esters is 1. The molecule has 0 rings (SSSR count). The Balaban J connectivity index is 4.53. The molecule has 394 valence electrons. The number of ether oxygens (including phenoxy) is 1. The van der Waals surface area contributed by atoms with Gasteiger partial charge in [0.25, 0.3) is 0 Å². The van der Waals surface area contributed by atoms with E-state index in [1.807, 2.05) is 0 Å². The fraction of sp³-hybridized carbons (Fsp3) is 0.869. The minimum Gasteiger partial charge on any atom is -0.462 e. The molecular weight excluding hydrogens is 827 g/mol. The average Bonchev–Trinajstić information content (AvgIpc) is 3.32. The predicted molar refractivity (Wildman–Crippen MR) is 292 cm³/mol. The zero-order chi connectivity index (χ0) is 48.8. The van der Waals surface area contributed by atoms with Gasteiger partial charge in [-0.25, -0.2) is 0 Å². The van der Waals surface area contributed by atoms with Crippen molar-refractivity contribution < 1.29 is 24.5 Å². The standard InChI is InChI=1S/C61H115NO5/c1-4-7-10-13-16-19-22-25-28-31-34-37-40-43-46-49-52-57(67-61(66)54-51-48-45-42-39-36-33-30-27-24-21-18-15-12-9-6-3)55-60(65)62-58(56-63)59(64)53-50-47-44-41-38-35-32-29-26-23-20-17-14-11-8-5-2/h9,12,18,21,27,30,57-59,63-64H,4-8,10-11,13-17,19-20,22-26,28-29,31-56H2,1-3H3,(H,62,65)/b12-9+,21-18+,30-27+. The van der Waals surface area contributed by atoms with E-state index in [0.29, 0.717) is 19.3 Å². The van der Waals surface area contributed by atoms with Crippen LogP contribution in [0.4, 0.5) is 0 Å². The number of allylic oxidation sites excluding steroid dienone is 6. The van der Waals surface area contributed by atoms with Crippen molar-refractivity contribution in [1.29, 1.82) is 0 Å². The molecule has 0 saturated carbocycles. The van der Waals surface area contributed by atoms with E-state index < -0.39 is 18.2 Å². The smallest absolute Gasteiger partial charge is 0.306 e. The highest BCUT2D eigenvalue weighted by Gasteiger charge is 2.24. The number of carbonyl (C=O) groups excluding carboxylic acids is 2. The van der Waals surface area contributed by atoms with Crippen LogP contribution in [0.5, 0.6) is 0 Å². The molecule has 0 fully saturated rings. The van der Waals surface area contributed by atoms with Gasteiger partial charge in [-0.15, -0.1) is 0 Å². The van der Waals surface area contributed by atoms with E-state index in [9.17, 15) is 19.8 Å². The zero-order valence-corrected chi connectivity index (χ0v) is 45.0. The molecule has 67 heavy (non-hydrogen) atoms. The van der Waals surface area contributed by atoms with Crippen LogP contribution in [-0.2, 0) is 14.3 Å². The van der Waals surface area contributed by atoms with Gasteiger partial charge in [-0.2, -0.15) is 0 Å². The van der Waals surface area contributed by atoms with Crippen LogP contribution >= 0.6 is 0 Å². The predicted octanol–water partition coefficient (Wildman–Crippen LogP) is 18.4. The Morgan fingerprint density at radius 2 is 0.806 bits per heavy atom. The van der Waals surface area contributed by atoms with E-state index in [4.69, 9.17) is 4.74 Å².